The molecule has 1 aliphatic carbocycles. The summed E-state index contributed by atoms with van der Waals surface area (Å²) in [4.78, 5) is 12.0. The highest BCUT2D eigenvalue weighted by atomic mass is 79.9. The summed E-state index contributed by atoms with van der Waals surface area (Å²) in [6, 6.07) is 2.80. The van der Waals surface area contributed by atoms with Gasteiger partial charge in [0.2, 0.25) is 11.8 Å². The third-order valence-corrected chi connectivity index (χ3v) is 4.22. The Kier molecular flexibility index (Phi) is 4.42. The molecule has 1 fully saturated rings. The van der Waals surface area contributed by atoms with Gasteiger partial charge in [0.15, 0.2) is 0 Å². The Bertz CT molecular complexity index is 523. The highest BCUT2D eigenvalue weighted by Gasteiger charge is 2.37. The molecule has 0 radical (unpaired) electrons. The molecule has 1 saturated carbocycles. The van der Waals surface area contributed by atoms with E-state index in [1.54, 1.807) is 13.0 Å². The van der Waals surface area contributed by atoms with Crippen molar-refractivity contribution in [2.45, 2.75) is 38.5 Å². The van der Waals surface area contributed by atoms with E-state index in [4.69, 9.17) is 0 Å². The first-order chi connectivity index (χ1) is 9.28. The van der Waals surface area contributed by atoms with Gasteiger partial charge in [-0.15, -0.1) is 0 Å². The molecule has 1 aromatic rings. The van der Waals surface area contributed by atoms with Crippen LogP contribution in [0.1, 0.15) is 31.2 Å². The molecule has 2 nitrogen and oxygen atoms in total. The monoisotopic (exact) mass is 349 g/mol. The molecule has 110 valence electrons. The van der Waals surface area contributed by atoms with E-state index in [2.05, 4.69) is 21.2 Å². The van der Waals surface area contributed by atoms with Crippen LogP contribution in [-0.2, 0) is 4.79 Å². The first-order valence-electron chi connectivity index (χ1n) is 6.43. The van der Waals surface area contributed by atoms with Gasteiger partial charge in [-0.2, -0.15) is 0 Å². The van der Waals surface area contributed by atoms with Crippen LogP contribution < -0.4 is 5.32 Å². The van der Waals surface area contributed by atoms with Gasteiger partial charge in [-0.25, -0.2) is 13.2 Å². The molecule has 0 aromatic heterocycles. The van der Waals surface area contributed by atoms with Crippen molar-refractivity contribution in [3.05, 3.63) is 28.0 Å². The number of nitrogens with one attached hydrogen (secondary N) is 1. The lowest BCUT2D eigenvalue weighted by atomic mass is 9.86. The number of rotatable bonds is 2. The molecule has 20 heavy (non-hydrogen) atoms. The molecule has 6 heteroatoms. The molecule has 1 aliphatic rings. The van der Waals surface area contributed by atoms with Crippen molar-refractivity contribution < 1.29 is 18.0 Å². The number of hydrogen-bond donors (Lipinski definition) is 1. The van der Waals surface area contributed by atoms with E-state index in [1.165, 1.54) is 6.07 Å². The van der Waals surface area contributed by atoms with Gasteiger partial charge < -0.3 is 5.32 Å². The fraction of sp³-hybridized carbons (Fsp3) is 0.500. The predicted molar refractivity (Wildman–Crippen MR) is 74.4 cm³/mol. The number of aryl methyl sites for hydroxylation is 1. The SMILES string of the molecule is Cc1cc(Br)c(F)cc1NC(=O)C1CCC(F)(F)CC1. The molecule has 0 bridgehead atoms. The average molecular weight is 350 g/mol. The van der Waals surface area contributed by atoms with E-state index >= 15 is 0 Å². The van der Waals surface area contributed by atoms with Gasteiger partial charge in [0, 0.05) is 24.4 Å². The Morgan fingerprint density at radius 3 is 2.55 bits per heavy atom. The van der Waals surface area contributed by atoms with E-state index < -0.39 is 17.7 Å². The lowest BCUT2D eigenvalue weighted by Crippen LogP contribution is -2.32. The molecular formula is C14H15BrF3NO. The zero-order valence-electron chi connectivity index (χ0n) is 11.0. The standard InChI is InChI=1S/C14H15BrF3NO/c1-8-6-10(15)11(16)7-12(8)19-13(20)9-2-4-14(17,18)5-3-9/h6-7,9H,2-5H2,1H3,(H,19,20). The first-order valence-corrected chi connectivity index (χ1v) is 7.22. The van der Waals surface area contributed by atoms with Crippen LogP contribution in [0.4, 0.5) is 18.9 Å². The summed E-state index contributed by atoms with van der Waals surface area (Å²) in [5, 5.41) is 2.63. The maximum absolute atomic E-state index is 13.5. The van der Waals surface area contributed by atoms with Gasteiger partial charge in [-0.05, 0) is 53.4 Å². The van der Waals surface area contributed by atoms with Crippen LogP contribution in [0.2, 0.25) is 0 Å². The largest absolute Gasteiger partial charge is 0.326 e. The van der Waals surface area contributed by atoms with Crippen molar-refractivity contribution >= 4 is 27.5 Å². The third kappa shape index (κ3) is 3.53. The van der Waals surface area contributed by atoms with Crippen LogP contribution in [-0.4, -0.2) is 11.8 Å². The second-order valence-electron chi connectivity index (χ2n) is 5.20. The van der Waals surface area contributed by atoms with Crippen molar-refractivity contribution in [2.24, 2.45) is 5.92 Å². The van der Waals surface area contributed by atoms with E-state index in [0.29, 0.717) is 15.7 Å². The smallest absolute Gasteiger partial charge is 0.248 e. The maximum atomic E-state index is 13.5. The molecule has 0 saturated heterocycles. The van der Waals surface area contributed by atoms with E-state index in [0.717, 1.165) is 0 Å². The minimum atomic E-state index is -2.66. The quantitative estimate of drug-likeness (QED) is 0.826. The number of halogens is 4. The summed E-state index contributed by atoms with van der Waals surface area (Å²) in [7, 11) is 0. The van der Waals surface area contributed by atoms with Gasteiger partial charge in [-0.3, -0.25) is 4.79 Å². The highest BCUT2D eigenvalue weighted by Crippen LogP contribution is 2.36. The summed E-state index contributed by atoms with van der Waals surface area (Å²) >= 11 is 3.06. The Balaban J connectivity index is 2.04. The third-order valence-electron chi connectivity index (χ3n) is 3.61. The highest BCUT2D eigenvalue weighted by molar-refractivity contribution is 9.10. The minimum Gasteiger partial charge on any atom is -0.326 e. The van der Waals surface area contributed by atoms with Crippen LogP contribution in [0.25, 0.3) is 0 Å². The zero-order chi connectivity index (χ0) is 14.9. The molecule has 0 atom stereocenters. The summed E-state index contributed by atoms with van der Waals surface area (Å²) in [6.07, 6.45) is -0.203. The Morgan fingerprint density at radius 2 is 1.95 bits per heavy atom. The van der Waals surface area contributed by atoms with Crippen molar-refractivity contribution in [1.82, 2.24) is 0 Å². The van der Waals surface area contributed by atoms with Gasteiger partial charge in [0.1, 0.15) is 5.82 Å². The molecule has 1 N–H and O–H groups in total. The van der Waals surface area contributed by atoms with Gasteiger partial charge in [0.25, 0.3) is 0 Å². The van der Waals surface area contributed by atoms with Crippen LogP contribution in [0.5, 0.6) is 0 Å². The fourth-order valence-electron chi connectivity index (χ4n) is 2.32. The fourth-order valence-corrected chi connectivity index (χ4v) is 2.78. The van der Waals surface area contributed by atoms with Gasteiger partial charge in [-0.1, -0.05) is 0 Å². The number of carbonyl (C=O) groups is 1. The second kappa shape index (κ2) is 5.76. The Hall–Kier alpha value is -1.04. The van der Waals surface area contributed by atoms with Crippen LogP contribution in [0, 0.1) is 18.7 Å². The number of benzene rings is 1. The lowest BCUT2D eigenvalue weighted by molar-refractivity contribution is -0.124. The number of anilines is 1. The van der Waals surface area contributed by atoms with Crippen LogP contribution >= 0.6 is 15.9 Å². The molecular weight excluding hydrogens is 335 g/mol. The number of alkyl halides is 2. The van der Waals surface area contributed by atoms with Gasteiger partial charge >= 0.3 is 0 Å². The molecule has 0 spiro atoms. The van der Waals surface area contributed by atoms with Crippen molar-refractivity contribution in [3.63, 3.8) is 0 Å². The molecule has 0 unspecified atom stereocenters. The van der Waals surface area contributed by atoms with Crippen molar-refractivity contribution in [2.75, 3.05) is 5.32 Å². The van der Waals surface area contributed by atoms with Crippen LogP contribution in [0.3, 0.4) is 0 Å². The Morgan fingerprint density at radius 1 is 1.35 bits per heavy atom. The predicted octanol–water partition coefficient (Wildman–Crippen LogP) is 4.66. The topological polar surface area (TPSA) is 29.1 Å². The summed E-state index contributed by atoms with van der Waals surface area (Å²) in [5.41, 5.74) is 1.10. The molecule has 1 aromatic carbocycles. The normalized spacial score (nSPS) is 18.9. The first kappa shape index (κ1) is 15.4. The molecule has 0 heterocycles. The van der Waals surface area contributed by atoms with E-state index in [1.807, 2.05) is 0 Å². The molecule has 2 rings (SSSR count). The zero-order valence-corrected chi connectivity index (χ0v) is 12.6. The Labute approximate surface area is 123 Å². The number of hydrogen-bond acceptors (Lipinski definition) is 1. The molecule has 0 aliphatic heterocycles. The summed E-state index contributed by atoms with van der Waals surface area (Å²) in [5.74, 6) is -3.87. The summed E-state index contributed by atoms with van der Waals surface area (Å²) in [6.45, 7) is 1.74. The van der Waals surface area contributed by atoms with Crippen LogP contribution in [0.15, 0.2) is 16.6 Å². The number of amides is 1. The number of carbonyl (C=O) groups excluding carboxylic acids is 1. The molecule has 1 amide bonds. The average Bonchev–Trinajstić information content (AvgIpc) is 2.35. The van der Waals surface area contributed by atoms with E-state index in [9.17, 15) is 18.0 Å². The minimum absolute atomic E-state index is 0.164. The second-order valence-corrected chi connectivity index (χ2v) is 6.06. The van der Waals surface area contributed by atoms with Crippen molar-refractivity contribution in [1.29, 1.82) is 0 Å². The maximum Gasteiger partial charge on any atom is 0.248 e. The lowest BCUT2D eigenvalue weighted by Gasteiger charge is -2.27. The summed E-state index contributed by atoms with van der Waals surface area (Å²) < 4.78 is 39.9. The van der Waals surface area contributed by atoms with Gasteiger partial charge in [0.05, 0.1) is 4.47 Å². The van der Waals surface area contributed by atoms with Crippen molar-refractivity contribution in [3.8, 4) is 0 Å². The van der Waals surface area contributed by atoms with E-state index in [-0.39, 0.29) is 31.6 Å².